The first-order valence-electron chi connectivity index (χ1n) is 2.81. The minimum Gasteiger partial charge on any atom is -0.385 e. The molecular weight excluding hydrogens is 116 g/mol. The molecule has 0 saturated carbocycles. The third-order valence-electron chi connectivity index (χ3n) is 1.08. The smallest absolute Gasteiger partial charge is 0.103 e. The Kier molecular flexibility index (Phi) is 3.21. The van der Waals surface area contributed by atoms with Crippen LogP contribution < -0.4 is 5.73 Å². The summed E-state index contributed by atoms with van der Waals surface area (Å²) in [5, 5.41) is 8.39. The lowest BCUT2D eigenvalue weighted by atomic mass is 10.0. The van der Waals surface area contributed by atoms with Crippen LogP contribution in [0.15, 0.2) is 0 Å². The molecule has 2 N–H and O–H groups in total. The second-order valence-corrected chi connectivity index (χ2v) is 2.27. The summed E-state index contributed by atoms with van der Waals surface area (Å²) in [6.07, 6.45) is 0.583. The summed E-state index contributed by atoms with van der Waals surface area (Å²) in [6, 6.07) is 1.97. The molecule has 1 atom stereocenters. The van der Waals surface area contributed by atoms with Gasteiger partial charge in [-0.05, 0) is 6.92 Å². The Morgan fingerprint density at radius 2 is 2.33 bits per heavy atom. The van der Waals surface area contributed by atoms with E-state index in [0.717, 1.165) is 0 Å². The zero-order chi connectivity index (χ0) is 7.33. The minimum atomic E-state index is -0.726. The first kappa shape index (κ1) is 8.41. The molecule has 0 fully saturated rings. The highest BCUT2D eigenvalue weighted by atomic mass is 16.5. The average Bonchev–Trinajstić information content (AvgIpc) is 1.84. The van der Waals surface area contributed by atoms with Crippen molar-refractivity contribution in [2.75, 3.05) is 13.7 Å². The Bertz CT molecular complexity index is 115. The van der Waals surface area contributed by atoms with Gasteiger partial charge in [0.05, 0.1) is 6.07 Å². The van der Waals surface area contributed by atoms with Gasteiger partial charge >= 0.3 is 0 Å². The number of nitriles is 1. The molecule has 0 aliphatic rings. The Morgan fingerprint density at radius 1 is 1.78 bits per heavy atom. The van der Waals surface area contributed by atoms with Gasteiger partial charge in [-0.15, -0.1) is 0 Å². The lowest BCUT2D eigenvalue weighted by Gasteiger charge is -2.12. The van der Waals surface area contributed by atoms with Crippen molar-refractivity contribution in [2.45, 2.75) is 18.9 Å². The molecule has 0 bridgehead atoms. The van der Waals surface area contributed by atoms with Gasteiger partial charge in [0.1, 0.15) is 5.54 Å². The SMILES string of the molecule is COCC[C@](C)(N)C#N. The molecular formula is C6H12N2O. The Balaban J connectivity index is 3.49. The first-order chi connectivity index (χ1) is 4.12. The van der Waals surface area contributed by atoms with Crippen molar-refractivity contribution in [2.24, 2.45) is 5.73 Å². The third-order valence-corrected chi connectivity index (χ3v) is 1.08. The van der Waals surface area contributed by atoms with Gasteiger partial charge in [-0.2, -0.15) is 5.26 Å². The van der Waals surface area contributed by atoms with Crippen molar-refractivity contribution in [3.05, 3.63) is 0 Å². The second-order valence-electron chi connectivity index (χ2n) is 2.27. The van der Waals surface area contributed by atoms with Crippen LogP contribution in [0.5, 0.6) is 0 Å². The van der Waals surface area contributed by atoms with Crippen molar-refractivity contribution < 1.29 is 4.74 Å². The van der Waals surface area contributed by atoms with Crippen LogP contribution in [0.1, 0.15) is 13.3 Å². The van der Waals surface area contributed by atoms with E-state index in [0.29, 0.717) is 13.0 Å². The normalized spacial score (nSPS) is 16.2. The maximum atomic E-state index is 8.39. The van der Waals surface area contributed by atoms with Crippen molar-refractivity contribution in [3.63, 3.8) is 0 Å². The summed E-state index contributed by atoms with van der Waals surface area (Å²) in [6.45, 7) is 2.23. The van der Waals surface area contributed by atoms with Crippen LogP contribution in [0.25, 0.3) is 0 Å². The number of ether oxygens (including phenoxy) is 1. The zero-order valence-corrected chi connectivity index (χ0v) is 5.85. The van der Waals surface area contributed by atoms with Crippen LogP contribution in [-0.4, -0.2) is 19.3 Å². The van der Waals surface area contributed by atoms with E-state index in [1.54, 1.807) is 14.0 Å². The third kappa shape index (κ3) is 3.95. The molecule has 0 aromatic carbocycles. The zero-order valence-electron chi connectivity index (χ0n) is 5.85. The molecule has 0 heterocycles. The molecule has 0 saturated heterocycles. The fourth-order valence-corrected chi connectivity index (χ4v) is 0.370. The fourth-order valence-electron chi connectivity index (χ4n) is 0.370. The van der Waals surface area contributed by atoms with Crippen LogP contribution in [-0.2, 0) is 4.74 Å². The average molecular weight is 128 g/mol. The lowest BCUT2D eigenvalue weighted by Crippen LogP contribution is -2.35. The van der Waals surface area contributed by atoms with Crippen molar-refractivity contribution >= 4 is 0 Å². The summed E-state index contributed by atoms with van der Waals surface area (Å²) in [4.78, 5) is 0. The van der Waals surface area contributed by atoms with Crippen LogP contribution in [0.3, 0.4) is 0 Å². The molecule has 0 aliphatic carbocycles. The van der Waals surface area contributed by atoms with Gasteiger partial charge in [0.15, 0.2) is 0 Å². The molecule has 0 spiro atoms. The maximum Gasteiger partial charge on any atom is 0.103 e. The fraction of sp³-hybridized carbons (Fsp3) is 0.833. The number of hydrogen-bond acceptors (Lipinski definition) is 3. The molecule has 0 aliphatic heterocycles. The van der Waals surface area contributed by atoms with Crippen LogP contribution in [0, 0.1) is 11.3 Å². The molecule has 52 valence electrons. The highest BCUT2D eigenvalue weighted by Crippen LogP contribution is 2.01. The Hall–Kier alpha value is -0.590. The van der Waals surface area contributed by atoms with E-state index in [9.17, 15) is 0 Å². The summed E-state index contributed by atoms with van der Waals surface area (Å²) in [5.41, 5.74) is 4.73. The van der Waals surface area contributed by atoms with Gasteiger partial charge in [0.2, 0.25) is 0 Å². The predicted octanol–water partition coefficient (Wildman–Crippen LogP) is 0.264. The number of methoxy groups -OCH3 is 1. The van der Waals surface area contributed by atoms with Gasteiger partial charge < -0.3 is 10.5 Å². The van der Waals surface area contributed by atoms with Gasteiger partial charge in [-0.3, -0.25) is 0 Å². The topological polar surface area (TPSA) is 59.0 Å². The highest BCUT2D eigenvalue weighted by Gasteiger charge is 2.15. The van der Waals surface area contributed by atoms with Crippen LogP contribution in [0.2, 0.25) is 0 Å². The summed E-state index contributed by atoms with van der Waals surface area (Å²) in [7, 11) is 1.59. The molecule has 0 aromatic heterocycles. The Morgan fingerprint density at radius 3 is 2.67 bits per heavy atom. The molecule has 0 unspecified atom stereocenters. The van der Waals surface area contributed by atoms with Crippen molar-refractivity contribution in [1.82, 2.24) is 0 Å². The molecule has 0 amide bonds. The molecule has 9 heavy (non-hydrogen) atoms. The summed E-state index contributed by atoms with van der Waals surface area (Å²) >= 11 is 0. The van der Waals surface area contributed by atoms with Crippen LogP contribution in [0.4, 0.5) is 0 Å². The molecule has 0 aromatic rings. The molecule has 0 rings (SSSR count). The van der Waals surface area contributed by atoms with E-state index in [1.165, 1.54) is 0 Å². The summed E-state index contributed by atoms with van der Waals surface area (Å²) in [5.74, 6) is 0. The van der Waals surface area contributed by atoms with Crippen molar-refractivity contribution in [1.29, 1.82) is 5.26 Å². The highest BCUT2D eigenvalue weighted by molar-refractivity contribution is 5.00. The largest absolute Gasteiger partial charge is 0.385 e. The van der Waals surface area contributed by atoms with Gasteiger partial charge in [0, 0.05) is 20.1 Å². The Labute approximate surface area is 55.4 Å². The molecule has 3 nitrogen and oxygen atoms in total. The second kappa shape index (κ2) is 3.44. The summed E-state index contributed by atoms with van der Waals surface area (Å²) < 4.78 is 4.75. The van der Waals surface area contributed by atoms with Crippen LogP contribution >= 0.6 is 0 Å². The quantitative estimate of drug-likeness (QED) is 0.593. The number of rotatable bonds is 3. The lowest BCUT2D eigenvalue weighted by molar-refractivity contribution is 0.181. The number of hydrogen-bond donors (Lipinski definition) is 1. The van der Waals surface area contributed by atoms with Gasteiger partial charge in [-0.25, -0.2) is 0 Å². The monoisotopic (exact) mass is 128 g/mol. The first-order valence-corrected chi connectivity index (χ1v) is 2.81. The number of nitrogens with zero attached hydrogens (tertiary/aromatic N) is 1. The predicted molar refractivity (Wildman–Crippen MR) is 34.7 cm³/mol. The van der Waals surface area contributed by atoms with E-state index in [4.69, 9.17) is 15.7 Å². The van der Waals surface area contributed by atoms with E-state index in [1.807, 2.05) is 6.07 Å². The van der Waals surface area contributed by atoms with Gasteiger partial charge in [-0.1, -0.05) is 0 Å². The van der Waals surface area contributed by atoms with Crippen molar-refractivity contribution in [3.8, 4) is 6.07 Å². The van der Waals surface area contributed by atoms with E-state index in [-0.39, 0.29) is 0 Å². The van der Waals surface area contributed by atoms with E-state index < -0.39 is 5.54 Å². The standard InChI is InChI=1S/C6H12N2O/c1-6(8,5-7)3-4-9-2/h3-4,8H2,1-2H3/t6-/m0/s1. The molecule has 0 radical (unpaired) electrons. The van der Waals surface area contributed by atoms with E-state index >= 15 is 0 Å². The van der Waals surface area contributed by atoms with Gasteiger partial charge in [0.25, 0.3) is 0 Å². The number of nitrogens with two attached hydrogens (primary N) is 1. The molecule has 3 heteroatoms. The maximum absolute atomic E-state index is 8.39. The minimum absolute atomic E-state index is 0.542. The van der Waals surface area contributed by atoms with E-state index in [2.05, 4.69) is 0 Å².